The van der Waals surface area contributed by atoms with Crippen LogP contribution in [0, 0.1) is 11.7 Å². The van der Waals surface area contributed by atoms with Gasteiger partial charge < -0.3 is 5.73 Å². The Morgan fingerprint density at radius 2 is 1.71 bits per heavy atom. The van der Waals surface area contributed by atoms with Gasteiger partial charge in [0.2, 0.25) is 0 Å². The highest BCUT2D eigenvalue weighted by atomic mass is 35.5. The molecule has 1 aromatic rings. The molecular weight excluding hydrogens is 329 g/mol. The van der Waals surface area contributed by atoms with Crippen LogP contribution < -0.4 is 5.73 Å². The number of benzene rings is 1. The van der Waals surface area contributed by atoms with Gasteiger partial charge in [-0.1, -0.05) is 30.9 Å². The monoisotopic (exact) mass is 345 g/mol. The highest BCUT2D eigenvalue weighted by Crippen LogP contribution is 2.42. The number of hydrogen-bond donors (Lipinski definition) is 1. The topological polar surface area (TPSA) is 26.0 Å². The normalized spacial score (nSPS) is 18.2. The van der Waals surface area contributed by atoms with Crippen molar-refractivity contribution in [3.8, 4) is 0 Å². The Morgan fingerprint density at radius 3 is 2.24 bits per heavy atom. The standard InChI is InChI=1S/C14H16ClF4N.ClH/c15-10-7-6-9(14(17,18)19)11(12(10)16)13(20)8-4-2-1-3-5-8;/h6-8,13H,1-5,20H2;1H/t13-;/m0./s1. The minimum atomic E-state index is -4.63. The van der Waals surface area contributed by atoms with Crippen LogP contribution in [0.5, 0.6) is 0 Å². The molecular formula is C14H17Cl2F4N. The second-order valence-electron chi connectivity index (χ2n) is 5.24. The number of hydrogen-bond acceptors (Lipinski definition) is 1. The summed E-state index contributed by atoms with van der Waals surface area (Å²) in [6.07, 6.45) is -0.293. The lowest BCUT2D eigenvalue weighted by Crippen LogP contribution is -2.27. The van der Waals surface area contributed by atoms with Crippen LogP contribution in [0.3, 0.4) is 0 Å². The van der Waals surface area contributed by atoms with Gasteiger partial charge in [0.15, 0.2) is 0 Å². The van der Waals surface area contributed by atoms with Crippen molar-refractivity contribution >= 4 is 24.0 Å². The molecule has 0 aromatic heterocycles. The second-order valence-corrected chi connectivity index (χ2v) is 5.65. The van der Waals surface area contributed by atoms with Crippen LogP contribution in [0.25, 0.3) is 0 Å². The molecule has 0 bridgehead atoms. The van der Waals surface area contributed by atoms with Crippen molar-refractivity contribution in [1.82, 2.24) is 0 Å². The molecule has 1 aromatic carbocycles. The van der Waals surface area contributed by atoms with Gasteiger partial charge in [0.25, 0.3) is 0 Å². The lowest BCUT2D eigenvalue weighted by atomic mass is 9.80. The van der Waals surface area contributed by atoms with Crippen molar-refractivity contribution in [2.45, 2.75) is 44.3 Å². The lowest BCUT2D eigenvalue weighted by Gasteiger charge is -2.29. The van der Waals surface area contributed by atoms with E-state index in [1.807, 2.05) is 0 Å². The van der Waals surface area contributed by atoms with Gasteiger partial charge in [-0.3, -0.25) is 0 Å². The molecule has 0 aliphatic heterocycles. The van der Waals surface area contributed by atoms with Crippen LogP contribution in [0.15, 0.2) is 12.1 Å². The summed E-state index contributed by atoms with van der Waals surface area (Å²) in [4.78, 5) is 0. The third-order valence-corrected chi connectivity index (χ3v) is 4.22. The Kier molecular flexibility index (Phi) is 6.32. The van der Waals surface area contributed by atoms with Crippen molar-refractivity contribution in [2.24, 2.45) is 11.7 Å². The Balaban J connectivity index is 0.00000220. The van der Waals surface area contributed by atoms with E-state index in [0.29, 0.717) is 0 Å². The fourth-order valence-corrected chi connectivity index (χ4v) is 3.03. The van der Waals surface area contributed by atoms with Crippen molar-refractivity contribution in [3.05, 3.63) is 34.1 Å². The third kappa shape index (κ3) is 4.02. The van der Waals surface area contributed by atoms with Gasteiger partial charge in [0.1, 0.15) is 5.82 Å². The predicted molar refractivity (Wildman–Crippen MR) is 77.2 cm³/mol. The van der Waals surface area contributed by atoms with E-state index in [9.17, 15) is 17.6 Å². The van der Waals surface area contributed by atoms with E-state index in [1.54, 1.807) is 0 Å². The zero-order valence-corrected chi connectivity index (χ0v) is 12.8. The van der Waals surface area contributed by atoms with Crippen molar-refractivity contribution < 1.29 is 17.6 Å². The summed E-state index contributed by atoms with van der Waals surface area (Å²) in [5.74, 6) is -1.17. The predicted octanol–water partition coefficient (Wildman–Crippen LogP) is 5.50. The van der Waals surface area contributed by atoms with Crippen LogP contribution in [0.4, 0.5) is 17.6 Å². The quantitative estimate of drug-likeness (QED) is 0.703. The van der Waals surface area contributed by atoms with Crippen LogP contribution >= 0.6 is 24.0 Å². The maximum Gasteiger partial charge on any atom is 0.416 e. The molecule has 0 amide bonds. The smallest absolute Gasteiger partial charge is 0.324 e. The van der Waals surface area contributed by atoms with E-state index in [4.69, 9.17) is 17.3 Å². The van der Waals surface area contributed by atoms with Gasteiger partial charge in [0, 0.05) is 11.6 Å². The SMILES string of the molecule is Cl.N[C@H](c1c(C(F)(F)F)ccc(Cl)c1F)C1CCCCC1. The molecule has 1 aliphatic carbocycles. The number of nitrogens with two attached hydrogens (primary N) is 1. The summed E-state index contributed by atoms with van der Waals surface area (Å²) in [5, 5.41) is -0.320. The molecule has 0 unspecified atom stereocenters. The maximum atomic E-state index is 14.1. The van der Waals surface area contributed by atoms with E-state index in [1.165, 1.54) is 0 Å². The Bertz CT molecular complexity index is 485. The highest BCUT2D eigenvalue weighted by Gasteiger charge is 2.38. The first-order valence-corrected chi connectivity index (χ1v) is 7.01. The van der Waals surface area contributed by atoms with Gasteiger partial charge in [0.05, 0.1) is 10.6 Å². The van der Waals surface area contributed by atoms with Gasteiger partial charge >= 0.3 is 6.18 Å². The minimum absolute atomic E-state index is 0. The van der Waals surface area contributed by atoms with E-state index in [2.05, 4.69) is 0 Å². The lowest BCUT2D eigenvalue weighted by molar-refractivity contribution is -0.138. The fourth-order valence-electron chi connectivity index (χ4n) is 2.87. The second kappa shape index (κ2) is 7.16. The van der Waals surface area contributed by atoms with Crippen molar-refractivity contribution in [3.63, 3.8) is 0 Å². The molecule has 1 nitrogen and oxygen atoms in total. The van der Waals surface area contributed by atoms with Crippen LogP contribution in [-0.2, 0) is 6.18 Å². The number of halogens is 6. The molecule has 0 heterocycles. The third-order valence-electron chi connectivity index (χ3n) is 3.93. The fraction of sp³-hybridized carbons (Fsp3) is 0.571. The largest absolute Gasteiger partial charge is 0.416 e. The zero-order valence-electron chi connectivity index (χ0n) is 11.2. The average molecular weight is 346 g/mol. The Labute approximate surface area is 132 Å². The zero-order chi connectivity index (χ0) is 14.9. The molecule has 1 aliphatic rings. The Hall–Kier alpha value is -0.520. The molecule has 2 N–H and O–H groups in total. The van der Waals surface area contributed by atoms with Gasteiger partial charge in [-0.2, -0.15) is 13.2 Å². The van der Waals surface area contributed by atoms with E-state index >= 15 is 0 Å². The van der Waals surface area contributed by atoms with Gasteiger partial charge in [-0.15, -0.1) is 12.4 Å². The first kappa shape index (κ1) is 18.5. The number of alkyl halides is 3. The van der Waals surface area contributed by atoms with E-state index in [0.717, 1.165) is 44.2 Å². The molecule has 0 radical (unpaired) electrons. The number of rotatable bonds is 2. The summed E-state index contributed by atoms with van der Waals surface area (Å²) in [7, 11) is 0. The van der Waals surface area contributed by atoms with Crippen molar-refractivity contribution in [1.29, 1.82) is 0 Å². The molecule has 1 fully saturated rings. The summed E-state index contributed by atoms with van der Waals surface area (Å²) in [5.41, 5.74) is 4.43. The summed E-state index contributed by atoms with van der Waals surface area (Å²) < 4.78 is 53.2. The van der Waals surface area contributed by atoms with Gasteiger partial charge in [-0.25, -0.2) is 4.39 Å². The van der Waals surface area contributed by atoms with Crippen LogP contribution in [0.1, 0.15) is 49.3 Å². The molecule has 2 rings (SSSR count). The Morgan fingerprint density at radius 1 is 1.14 bits per heavy atom. The maximum absolute atomic E-state index is 14.1. The first-order valence-electron chi connectivity index (χ1n) is 6.63. The molecule has 7 heteroatoms. The molecule has 1 atom stereocenters. The molecule has 1 saturated carbocycles. The molecule has 120 valence electrons. The average Bonchev–Trinajstić information content (AvgIpc) is 2.40. The summed E-state index contributed by atoms with van der Waals surface area (Å²) in [6.45, 7) is 0. The van der Waals surface area contributed by atoms with Crippen LogP contribution in [0.2, 0.25) is 5.02 Å². The van der Waals surface area contributed by atoms with E-state index < -0.39 is 29.2 Å². The van der Waals surface area contributed by atoms with Crippen LogP contribution in [-0.4, -0.2) is 0 Å². The van der Waals surface area contributed by atoms with Gasteiger partial charge in [-0.05, 0) is 30.9 Å². The molecule has 21 heavy (non-hydrogen) atoms. The summed E-state index contributed by atoms with van der Waals surface area (Å²) in [6, 6.07) is 0.769. The molecule has 0 spiro atoms. The summed E-state index contributed by atoms with van der Waals surface area (Å²) >= 11 is 5.62. The highest BCUT2D eigenvalue weighted by molar-refractivity contribution is 6.30. The molecule has 0 saturated heterocycles. The van der Waals surface area contributed by atoms with E-state index in [-0.39, 0.29) is 23.3 Å². The first-order chi connectivity index (χ1) is 9.32. The van der Waals surface area contributed by atoms with Crippen molar-refractivity contribution in [2.75, 3.05) is 0 Å². The minimum Gasteiger partial charge on any atom is -0.324 e.